The van der Waals surface area contributed by atoms with E-state index in [1.54, 1.807) is 24.3 Å². The minimum Gasteiger partial charge on any atom is -0.496 e. The van der Waals surface area contributed by atoms with Gasteiger partial charge in [0, 0.05) is 16.7 Å². The van der Waals surface area contributed by atoms with Gasteiger partial charge in [0.2, 0.25) is 0 Å². The van der Waals surface area contributed by atoms with Crippen molar-refractivity contribution in [2.75, 3.05) is 7.11 Å². The van der Waals surface area contributed by atoms with E-state index in [2.05, 4.69) is 0 Å². The first-order chi connectivity index (χ1) is 10.2. The molecule has 0 radical (unpaired) electrons. The molecule has 0 saturated heterocycles. The molecule has 0 bridgehead atoms. The zero-order chi connectivity index (χ0) is 14.6. The number of ether oxygens (including phenoxy) is 1. The molecular formula is C18H12O3. The number of hydrogen-bond acceptors (Lipinski definition) is 3. The molecule has 0 saturated carbocycles. The van der Waals surface area contributed by atoms with Gasteiger partial charge in [-0.05, 0) is 29.7 Å². The molecule has 3 heteroatoms. The molecule has 0 unspecified atom stereocenters. The number of carbonyl (C=O) groups is 2. The molecule has 0 aliphatic heterocycles. The summed E-state index contributed by atoms with van der Waals surface area (Å²) in [6, 6.07) is 8.81. The van der Waals surface area contributed by atoms with Crippen LogP contribution in [0.3, 0.4) is 0 Å². The van der Waals surface area contributed by atoms with E-state index >= 15 is 0 Å². The molecule has 2 aromatic rings. The van der Waals surface area contributed by atoms with Crippen molar-refractivity contribution in [3.05, 3.63) is 69.8 Å². The van der Waals surface area contributed by atoms with Crippen LogP contribution in [0.25, 0.3) is 6.08 Å². The monoisotopic (exact) mass is 276 g/mol. The Kier molecular flexibility index (Phi) is 2.39. The maximum atomic E-state index is 12.8. The van der Waals surface area contributed by atoms with E-state index in [1.807, 2.05) is 18.2 Å². The van der Waals surface area contributed by atoms with Crippen LogP contribution in [0.15, 0.2) is 36.4 Å². The highest BCUT2D eigenvalue weighted by molar-refractivity contribution is 6.30. The van der Waals surface area contributed by atoms with Crippen molar-refractivity contribution in [3.8, 4) is 5.75 Å². The molecule has 2 aliphatic rings. The molecule has 102 valence electrons. The van der Waals surface area contributed by atoms with Crippen LogP contribution in [0.5, 0.6) is 5.75 Å². The number of carbonyl (C=O) groups excluding carboxylic acids is 2. The second-order valence-electron chi connectivity index (χ2n) is 5.20. The Bertz CT molecular complexity index is 844. The van der Waals surface area contributed by atoms with E-state index in [4.69, 9.17) is 4.74 Å². The Morgan fingerprint density at radius 2 is 1.71 bits per heavy atom. The molecule has 0 fully saturated rings. The van der Waals surface area contributed by atoms with Gasteiger partial charge in [-0.1, -0.05) is 30.4 Å². The van der Waals surface area contributed by atoms with Gasteiger partial charge < -0.3 is 4.74 Å². The number of allylic oxidation sites excluding steroid dienone is 1. The number of fused-ring (bicyclic) bond motifs is 4. The number of ketones is 2. The number of benzene rings is 2. The van der Waals surface area contributed by atoms with Crippen molar-refractivity contribution in [1.82, 2.24) is 0 Å². The summed E-state index contributed by atoms with van der Waals surface area (Å²) < 4.78 is 5.25. The van der Waals surface area contributed by atoms with Gasteiger partial charge in [-0.2, -0.15) is 0 Å². The first-order valence-corrected chi connectivity index (χ1v) is 6.81. The summed E-state index contributed by atoms with van der Waals surface area (Å²) in [5.41, 5.74) is 3.85. The smallest absolute Gasteiger partial charge is 0.198 e. The van der Waals surface area contributed by atoms with Crippen LogP contribution in [-0.2, 0) is 6.42 Å². The average Bonchev–Trinajstić information content (AvgIpc) is 2.99. The minimum atomic E-state index is -0.133. The molecular weight excluding hydrogens is 264 g/mol. The van der Waals surface area contributed by atoms with Crippen molar-refractivity contribution >= 4 is 17.6 Å². The van der Waals surface area contributed by atoms with Gasteiger partial charge in [-0.25, -0.2) is 0 Å². The first kappa shape index (κ1) is 12.1. The quantitative estimate of drug-likeness (QED) is 0.686. The Hall–Kier alpha value is -2.68. The standard InChI is InChI=1S/C18H12O3/c1-21-14-7-3-6-12-16(14)18(20)13-9-8-10-4-2-5-11(10)15(13)17(12)19/h2-4,6-9H,5H2,1H3. The lowest BCUT2D eigenvalue weighted by Crippen LogP contribution is -2.23. The van der Waals surface area contributed by atoms with E-state index in [0.717, 1.165) is 11.1 Å². The molecule has 2 aliphatic carbocycles. The molecule has 0 atom stereocenters. The summed E-state index contributed by atoms with van der Waals surface area (Å²) in [6.07, 6.45) is 4.72. The third-order valence-corrected chi connectivity index (χ3v) is 4.16. The van der Waals surface area contributed by atoms with Gasteiger partial charge in [0.15, 0.2) is 11.6 Å². The van der Waals surface area contributed by atoms with Crippen molar-refractivity contribution in [2.45, 2.75) is 6.42 Å². The van der Waals surface area contributed by atoms with Crippen LogP contribution in [0, 0.1) is 0 Å². The minimum absolute atomic E-state index is 0.0842. The van der Waals surface area contributed by atoms with E-state index in [1.165, 1.54) is 7.11 Å². The predicted molar refractivity (Wildman–Crippen MR) is 79.0 cm³/mol. The largest absolute Gasteiger partial charge is 0.496 e. The van der Waals surface area contributed by atoms with Gasteiger partial charge in [-0.3, -0.25) is 9.59 Å². The summed E-state index contributed by atoms with van der Waals surface area (Å²) in [6.45, 7) is 0. The van der Waals surface area contributed by atoms with E-state index in [0.29, 0.717) is 34.4 Å². The normalized spacial score (nSPS) is 14.7. The zero-order valence-electron chi connectivity index (χ0n) is 11.5. The predicted octanol–water partition coefficient (Wildman–Crippen LogP) is 3.04. The van der Waals surface area contributed by atoms with E-state index < -0.39 is 0 Å². The SMILES string of the molecule is COc1cccc2c1C(=O)c1ccc3c(c1C2=O)CC=C3. The van der Waals surface area contributed by atoms with Crippen LogP contribution < -0.4 is 4.74 Å². The van der Waals surface area contributed by atoms with Crippen molar-refractivity contribution in [2.24, 2.45) is 0 Å². The van der Waals surface area contributed by atoms with Crippen LogP contribution >= 0.6 is 0 Å². The zero-order valence-corrected chi connectivity index (χ0v) is 11.5. The van der Waals surface area contributed by atoms with Crippen LogP contribution in [0.4, 0.5) is 0 Å². The van der Waals surface area contributed by atoms with Gasteiger partial charge in [0.1, 0.15) is 5.75 Å². The lowest BCUT2D eigenvalue weighted by molar-refractivity contribution is 0.0976. The number of rotatable bonds is 1. The number of hydrogen-bond donors (Lipinski definition) is 0. The Morgan fingerprint density at radius 3 is 2.52 bits per heavy atom. The summed E-state index contributed by atoms with van der Waals surface area (Å²) >= 11 is 0. The molecule has 0 amide bonds. The van der Waals surface area contributed by atoms with E-state index in [-0.39, 0.29) is 11.6 Å². The third-order valence-electron chi connectivity index (χ3n) is 4.16. The van der Waals surface area contributed by atoms with Gasteiger partial charge in [0.05, 0.1) is 12.7 Å². The molecule has 0 spiro atoms. The molecule has 0 heterocycles. The van der Waals surface area contributed by atoms with Crippen LogP contribution in [0.1, 0.15) is 43.0 Å². The van der Waals surface area contributed by atoms with Crippen LogP contribution in [0.2, 0.25) is 0 Å². The summed E-state index contributed by atoms with van der Waals surface area (Å²) in [5.74, 6) is 0.237. The lowest BCUT2D eigenvalue weighted by atomic mass is 9.80. The van der Waals surface area contributed by atoms with Crippen molar-refractivity contribution in [1.29, 1.82) is 0 Å². The molecule has 0 N–H and O–H groups in total. The molecule has 0 aromatic heterocycles. The fraction of sp³-hybridized carbons (Fsp3) is 0.111. The lowest BCUT2D eigenvalue weighted by Gasteiger charge is -2.21. The Balaban J connectivity index is 2.04. The van der Waals surface area contributed by atoms with Gasteiger partial charge in [-0.15, -0.1) is 0 Å². The first-order valence-electron chi connectivity index (χ1n) is 6.81. The highest BCUT2D eigenvalue weighted by Crippen LogP contribution is 2.37. The topological polar surface area (TPSA) is 43.4 Å². The van der Waals surface area contributed by atoms with Gasteiger partial charge >= 0.3 is 0 Å². The maximum Gasteiger partial charge on any atom is 0.198 e. The van der Waals surface area contributed by atoms with E-state index in [9.17, 15) is 9.59 Å². The fourth-order valence-corrected chi connectivity index (χ4v) is 3.19. The maximum absolute atomic E-state index is 12.8. The summed E-state index contributed by atoms with van der Waals surface area (Å²) in [5, 5.41) is 0. The molecule has 2 aromatic carbocycles. The highest BCUT2D eigenvalue weighted by Gasteiger charge is 2.34. The molecule has 21 heavy (non-hydrogen) atoms. The summed E-state index contributed by atoms with van der Waals surface area (Å²) in [7, 11) is 1.51. The van der Waals surface area contributed by atoms with Crippen molar-refractivity contribution < 1.29 is 14.3 Å². The van der Waals surface area contributed by atoms with Gasteiger partial charge in [0.25, 0.3) is 0 Å². The Labute approximate surface area is 121 Å². The number of methoxy groups -OCH3 is 1. The second-order valence-corrected chi connectivity index (χ2v) is 5.20. The summed E-state index contributed by atoms with van der Waals surface area (Å²) in [4.78, 5) is 25.6. The second kappa shape index (κ2) is 4.16. The van der Waals surface area contributed by atoms with Crippen molar-refractivity contribution in [3.63, 3.8) is 0 Å². The fourth-order valence-electron chi connectivity index (χ4n) is 3.19. The van der Waals surface area contributed by atoms with Crippen LogP contribution in [-0.4, -0.2) is 18.7 Å². The highest BCUT2D eigenvalue weighted by atomic mass is 16.5. The third kappa shape index (κ3) is 1.49. The average molecular weight is 276 g/mol. The Morgan fingerprint density at radius 1 is 0.952 bits per heavy atom. The molecule has 3 nitrogen and oxygen atoms in total. The molecule has 4 rings (SSSR count).